The van der Waals surface area contributed by atoms with Crippen molar-refractivity contribution in [3.8, 4) is 5.69 Å². The monoisotopic (exact) mass is 309 g/mol. The van der Waals surface area contributed by atoms with Gasteiger partial charge in [-0.05, 0) is 42.9 Å². The normalized spacial score (nSPS) is 12.0. The molecule has 0 aliphatic rings. The lowest BCUT2D eigenvalue weighted by Gasteiger charge is -2.13. The van der Waals surface area contributed by atoms with Crippen molar-refractivity contribution < 1.29 is 13.2 Å². The molecule has 0 aliphatic heterocycles. The Morgan fingerprint density at radius 3 is 2.62 bits per heavy atom. The fourth-order valence-corrected chi connectivity index (χ4v) is 2.55. The molecule has 1 N–H and O–H groups in total. The lowest BCUT2D eigenvalue weighted by molar-refractivity contribution is -0.137. The number of H-pyrrole nitrogens is 1. The Kier molecular flexibility index (Phi) is 3.09. The zero-order valence-electron chi connectivity index (χ0n) is 10.9. The van der Waals surface area contributed by atoms with Gasteiger partial charge in [0.25, 0.3) is 0 Å². The molecule has 0 atom stereocenters. The van der Waals surface area contributed by atoms with E-state index in [1.54, 1.807) is 18.3 Å². The summed E-state index contributed by atoms with van der Waals surface area (Å²) < 4.78 is 41.0. The number of hydrogen-bond donors (Lipinski definition) is 1. The van der Waals surface area contributed by atoms with Crippen molar-refractivity contribution in [2.45, 2.75) is 13.1 Å². The van der Waals surface area contributed by atoms with E-state index in [-0.39, 0.29) is 10.5 Å². The van der Waals surface area contributed by atoms with Crippen LogP contribution in [0.25, 0.3) is 16.9 Å². The first-order valence-corrected chi connectivity index (χ1v) is 6.53. The van der Waals surface area contributed by atoms with Gasteiger partial charge in [0.2, 0.25) is 0 Å². The molecule has 3 aromatic rings. The van der Waals surface area contributed by atoms with Gasteiger partial charge in [-0.1, -0.05) is 12.1 Å². The standard InChI is InChI=1S/C14H10F3N3S/c1-8-6-7-18-12-11(8)19-13(21)20(12)10-5-3-2-4-9(10)14(15,16)17/h2-7H,1H3,(H,19,21). The number of nitrogens with one attached hydrogen (secondary N) is 1. The molecule has 0 aliphatic carbocycles. The number of benzene rings is 1. The van der Waals surface area contributed by atoms with E-state index in [0.717, 1.165) is 11.6 Å². The molecule has 0 unspecified atom stereocenters. The highest BCUT2D eigenvalue weighted by Crippen LogP contribution is 2.34. The van der Waals surface area contributed by atoms with Crippen molar-refractivity contribution in [1.82, 2.24) is 14.5 Å². The Balaban J connectivity index is 2.40. The molecule has 0 fully saturated rings. The Hall–Kier alpha value is -2.15. The van der Waals surface area contributed by atoms with E-state index in [0.29, 0.717) is 11.2 Å². The Labute approximate surface area is 123 Å². The van der Waals surface area contributed by atoms with Crippen LogP contribution in [0.4, 0.5) is 13.2 Å². The second-order valence-electron chi connectivity index (χ2n) is 4.61. The molecule has 3 nitrogen and oxygen atoms in total. The van der Waals surface area contributed by atoms with Crippen LogP contribution in [-0.4, -0.2) is 14.5 Å². The molecule has 0 saturated carbocycles. The molecule has 21 heavy (non-hydrogen) atoms. The van der Waals surface area contributed by atoms with Crippen molar-refractivity contribution in [2.24, 2.45) is 0 Å². The van der Waals surface area contributed by atoms with Crippen molar-refractivity contribution in [3.05, 3.63) is 52.4 Å². The largest absolute Gasteiger partial charge is 0.418 e. The predicted molar refractivity (Wildman–Crippen MR) is 76.0 cm³/mol. The molecule has 0 spiro atoms. The third kappa shape index (κ3) is 2.23. The lowest BCUT2D eigenvalue weighted by atomic mass is 10.1. The first-order valence-electron chi connectivity index (χ1n) is 6.12. The number of aromatic amines is 1. The molecule has 2 heterocycles. The number of alkyl halides is 3. The zero-order valence-corrected chi connectivity index (χ0v) is 11.7. The average Bonchev–Trinajstić information content (AvgIpc) is 2.75. The van der Waals surface area contributed by atoms with Gasteiger partial charge in [0.05, 0.1) is 16.8 Å². The van der Waals surface area contributed by atoms with Crippen molar-refractivity contribution in [2.75, 3.05) is 0 Å². The van der Waals surface area contributed by atoms with Gasteiger partial charge in [-0.25, -0.2) is 4.98 Å². The van der Waals surface area contributed by atoms with Crippen LogP contribution in [0.5, 0.6) is 0 Å². The van der Waals surface area contributed by atoms with Crippen LogP contribution in [0, 0.1) is 11.7 Å². The molecular weight excluding hydrogens is 299 g/mol. The van der Waals surface area contributed by atoms with Crippen LogP contribution < -0.4 is 0 Å². The van der Waals surface area contributed by atoms with E-state index in [2.05, 4.69) is 9.97 Å². The molecule has 1 aromatic carbocycles. The number of pyridine rings is 1. The van der Waals surface area contributed by atoms with Crippen LogP contribution in [0.3, 0.4) is 0 Å². The number of rotatable bonds is 1. The van der Waals surface area contributed by atoms with Gasteiger partial charge in [-0.15, -0.1) is 0 Å². The minimum absolute atomic E-state index is 0.0284. The van der Waals surface area contributed by atoms with Crippen LogP contribution in [0.1, 0.15) is 11.1 Å². The summed E-state index contributed by atoms with van der Waals surface area (Å²) >= 11 is 5.18. The van der Waals surface area contributed by atoms with E-state index in [1.165, 1.54) is 16.7 Å². The molecular formula is C14H10F3N3S. The van der Waals surface area contributed by atoms with Gasteiger partial charge in [0.15, 0.2) is 10.4 Å². The van der Waals surface area contributed by atoms with Gasteiger partial charge in [0, 0.05) is 6.20 Å². The van der Waals surface area contributed by atoms with E-state index in [1.807, 2.05) is 6.92 Å². The minimum Gasteiger partial charge on any atom is -0.329 e. The summed E-state index contributed by atoms with van der Waals surface area (Å²) in [5.74, 6) is 0. The van der Waals surface area contributed by atoms with Crippen LogP contribution in [0.15, 0.2) is 36.5 Å². The van der Waals surface area contributed by atoms with Crippen molar-refractivity contribution in [1.29, 1.82) is 0 Å². The van der Waals surface area contributed by atoms with Crippen molar-refractivity contribution in [3.63, 3.8) is 0 Å². The Morgan fingerprint density at radius 2 is 1.90 bits per heavy atom. The number of fused-ring (bicyclic) bond motifs is 1. The van der Waals surface area contributed by atoms with Gasteiger partial charge in [0.1, 0.15) is 0 Å². The summed E-state index contributed by atoms with van der Waals surface area (Å²) in [5, 5.41) is 0. The molecule has 0 radical (unpaired) electrons. The number of halogens is 3. The Bertz CT molecular complexity index is 877. The maximum Gasteiger partial charge on any atom is 0.418 e. The molecule has 0 bridgehead atoms. The van der Waals surface area contributed by atoms with Crippen LogP contribution in [-0.2, 0) is 6.18 Å². The fourth-order valence-electron chi connectivity index (χ4n) is 2.26. The second kappa shape index (κ2) is 4.70. The zero-order chi connectivity index (χ0) is 15.2. The highest BCUT2D eigenvalue weighted by atomic mass is 32.1. The van der Waals surface area contributed by atoms with E-state index in [4.69, 9.17) is 12.2 Å². The van der Waals surface area contributed by atoms with E-state index >= 15 is 0 Å². The van der Waals surface area contributed by atoms with Crippen LogP contribution >= 0.6 is 12.2 Å². The summed E-state index contributed by atoms with van der Waals surface area (Å²) in [6.07, 6.45) is -2.91. The van der Waals surface area contributed by atoms with Gasteiger partial charge < -0.3 is 4.98 Å². The number of aryl methyl sites for hydroxylation is 1. The van der Waals surface area contributed by atoms with Crippen molar-refractivity contribution >= 4 is 23.4 Å². The average molecular weight is 309 g/mol. The number of para-hydroxylation sites is 1. The summed E-state index contributed by atoms with van der Waals surface area (Å²) in [6, 6.07) is 7.08. The summed E-state index contributed by atoms with van der Waals surface area (Å²) in [4.78, 5) is 7.08. The number of aromatic nitrogens is 3. The van der Waals surface area contributed by atoms with Crippen LogP contribution in [0.2, 0.25) is 0 Å². The number of imidazole rings is 1. The molecule has 0 amide bonds. The van der Waals surface area contributed by atoms with Gasteiger partial charge in [-0.3, -0.25) is 4.57 Å². The van der Waals surface area contributed by atoms with Gasteiger partial charge >= 0.3 is 6.18 Å². The molecule has 0 saturated heterocycles. The lowest BCUT2D eigenvalue weighted by Crippen LogP contribution is -2.11. The fraction of sp³-hybridized carbons (Fsp3) is 0.143. The van der Waals surface area contributed by atoms with Gasteiger partial charge in [-0.2, -0.15) is 13.2 Å². The molecule has 3 rings (SSSR count). The molecule has 2 aromatic heterocycles. The maximum absolute atomic E-state index is 13.2. The minimum atomic E-state index is -4.46. The highest BCUT2D eigenvalue weighted by Gasteiger charge is 2.34. The first-order chi connectivity index (χ1) is 9.89. The first kappa shape index (κ1) is 13.8. The molecule has 108 valence electrons. The highest BCUT2D eigenvalue weighted by molar-refractivity contribution is 7.71. The maximum atomic E-state index is 13.2. The Morgan fingerprint density at radius 1 is 1.19 bits per heavy atom. The number of nitrogens with zero attached hydrogens (tertiary/aromatic N) is 2. The SMILES string of the molecule is Cc1ccnc2c1[nH]c(=S)n2-c1ccccc1C(F)(F)F. The topological polar surface area (TPSA) is 33.6 Å². The molecule has 7 heteroatoms. The predicted octanol–water partition coefficient (Wildman–Crippen LogP) is 4.41. The third-order valence-electron chi connectivity index (χ3n) is 3.24. The smallest absolute Gasteiger partial charge is 0.329 e. The number of hydrogen-bond acceptors (Lipinski definition) is 2. The van der Waals surface area contributed by atoms with E-state index in [9.17, 15) is 13.2 Å². The summed E-state index contributed by atoms with van der Waals surface area (Å²) in [7, 11) is 0. The third-order valence-corrected chi connectivity index (χ3v) is 3.52. The second-order valence-corrected chi connectivity index (χ2v) is 4.99. The summed E-state index contributed by atoms with van der Waals surface area (Å²) in [6.45, 7) is 1.84. The van der Waals surface area contributed by atoms with E-state index < -0.39 is 11.7 Å². The summed E-state index contributed by atoms with van der Waals surface area (Å²) in [5.41, 5.74) is 1.12. The quantitative estimate of drug-likeness (QED) is 0.676.